The smallest absolute Gasteiger partial charge is 0.293 e. The Kier molecular flexibility index (Phi) is 4.65. The molecule has 1 aromatic rings. The fraction of sp³-hybridized carbons (Fsp3) is 0.222. The summed E-state index contributed by atoms with van der Waals surface area (Å²) in [5, 5.41) is -0.110. The maximum absolute atomic E-state index is 12.6. The summed E-state index contributed by atoms with van der Waals surface area (Å²) >= 11 is 10.1. The van der Waals surface area contributed by atoms with Crippen molar-refractivity contribution in [1.29, 1.82) is 0 Å². The molecule has 0 fully saturated rings. The minimum atomic E-state index is -4.51. The fourth-order valence-corrected chi connectivity index (χ4v) is 2.19. The van der Waals surface area contributed by atoms with Crippen LogP contribution in [0, 0.1) is 3.57 Å². The van der Waals surface area contributed by atoms with Gasteiger partial charge in [0, 0.05) is 9.13 Å². The molecule has 0 unspecified atom stereocenters. The third-order valence-electron chi connectivity index (χ3n) is 1.78. The van der Waals surface area contributed by atoms with Crippen LogP contribution in [-0.2, 0) is 6.18 Å². The van der Waals surface area contributed by atoms with Gasteiger partial charge in [0.15, 0.2) is 5.78 Å². The van der Waals surface area contributed by atoms with Crippen LogP contribution >= 0.6 is 50.1 Å². The maximum Gasteiger partial charge on any atom is 0.417 e. The van der Waals surface area contributed by atoms with E-state index in [1.165, 1.54) is 28.7 Å². The predicted octanol–water partition coefficient (Wildman–Crippen LogP) is 4.54. The van der Waals surface area contributed by atoms with E-state index in [9.17, 15) is 18.0 Å². The summed E-state index contributed by atoms with van der Waals surface area (Å²) < 4.78 is 37.7. The highest BCUT2D eigenvalue weighted by Gasteiger charge is 2.34. The van der Waals surface area contributed by atoms with Gasteiger partial charge in [-0.3, -0.25) is 4.79 Å². The third kappa shape index (κ3) is 3.10. The number of carbonyl (C=O) groups is 1. The molecule has 0 radical (unpaired) electrons. The molecule has 1 aromatic carbocycles. The number of halogens is 6. The Morgan fingerprint density at radius 1 is 1.44 bits per heavy atom. The van der Waals surface area contributed by atoms with Crippen molar-refractivity contribution in [2.45, 2.75) is 6.18 Å². The van der Waals surface area contributed by atoms with Crippen molar-refractivity contribution in [3.05, 3.63) is 31.9 Å². The zero-order valence-electron chi connectivity index (χ0n) is 7.54. The zero-order chi connectivity index (χ0) is 12.5. The Morgan fingerprint density at radius 2 is 2.00 bits per heavy atom. The second-order valence-corrected chi connectivity index (χ2v) is 4.92. The van der Waals surface area contributed by atoms with Crippen LogP contribution in [0.3, 0.4) is 0 Å². The molecule has 0 saturated heterocycles. The number of benzene rings is 1. The van der Waals surface area contributed by atoms with E-state index in [0.717, 1.165) is 6.07 Å². The number of alkyl halides is 4. The summed E-state index contributed by atoms with van der Waals surface area (Å²) in [7, 11) is 0. The molecule has 0 aromatic heterocycles. The van der Waals surface area contributed by atoms with Crippen LogP contribution in [0.1, 0.15) is 15.9 Å². The van der Waals surface area contributed by atoms with Crippen LogP contribution in [0.4, 0.5) is 13.2 Å². The molecule has 0 amide bonds. The Balaban J connectivity index is 3.39. The van der Waals surface area contributed by atoms with Gasteiger partial charge in [0.05, 0.1) is 15.9 Å². The number of carbonyl (C=O) groups excluding carboxylic acids is 1. The van der Waals surface area contributed by atoms with Gasteiger partial charge >= 0.3 is 6.18 Å². The van der Waals surface area contributed by atoms with Crippen LogP contribution in [0.5, 0.6) is 0 Å². The number of Topliss-reactive ketones (excluding diaryl/α,β-unsaturated/α-hetero) is 1. The summed E-state index contributed by atoms with van der Waals surface area (Å²) in [4.78, 5) is 11.3. The summed E-state index contributed by atoms with van der Waals surface area (Å²) in [6.45, 7) is 0. The van der Waals surface area contributed by atoms with Crippen molar-refractivity contribution in [2.75, 3.05) is 5.33 Å². The molecule has 0 spiro atoms. The molecule has 0 atom stereocenters. The normalized spacial score (nSPS) is 11.6. The van der Waals surface area contributed by atoms with Crippen LogP contribution in [0.15, 0.2) is 12.1 Å². The first-order valence-electron chi connectivity index (χ1n) is 3.92. The van der Waals surface area contributed by atoms with Gasteiger partial charge < -0.3 is 0 Å². The van der Waals surface area contributed by atoms with Gasteiger partial charge in [0.1, 0.15) is 0 Å². The van der Waals surface area contributed by atoms with Crippen molar-refractivity contribution in [3.8, 4) is 0 Å². The fourth-order valence-electron chi connectivity index (χ4n) is 1.03. The van der Waals surface area contributed by atoms with E-state index in [-0.39, 0.29) is 19.5 Å². The molecule has 0 aliphatic carbocycles. The lowest BCUT2D eigenvalue weighted by molar-refractivity contribution is -0.138. The van der Waals surface area contributed by atoms with Gasteiger partial charge in [-0.1, -0.05) is 27.5 Å². The first-order valence-corrected chi connectivity index (χ1v) is 6.50. The Bertz CT molecular complexity index is 433. The van der Waals surface area contributed by atoms with Crippen LogP contribution in [0.2, 0.25) is 5.02 Å². The molecular formula is C9H4BrClF3IO. The SMILES string of the molecule is O=C(CBr)c1cc(Cl)c(I)c(C(F)(F)F)c1. The molecule has 1 rings (SSSR count). The highest BCUT2D eigenvalue weighted by molar-refractivity contribution is 14.1. The number of hydrogen-bond acceptors (Lipinski definition) is 1. The van der Waals surface area contributed by atoms with Crippen molar-refractivity contribution < 1.29 is 18.0 Å². The molecule has 88 valence electrons. The molecule has 0 heterocycles. The maximum atomic E-state index is 12.6. The Morgan fingerprint density at radius 3 is 2.44 bits per heavy atom. The van der Waals surface area contributed by atoms with Crippen LogP contribution < -0.4 is 0 Å². The zero-order valence-corrected chi connectivity index (χ0v) is 12.0. The highest BCUT2D eigenvalue weighted by atomic mass is 127. The van der Waals surface area contributed by atoms with E-state index in [1.807, 2.05) is 0 Å². The van der Waals surface area contributed by atoms with Crippen molar-refractivity contribution in [3.63, 3.8) is 0 Å². The van der Waals surface area contributed by atoms with E-state index in [0.29, 0.717) is 0 Å². The van der Waals surface area contributed by atoms with Crippen LogP contribution in [-0.4, -0.2) is 11.1 Å². The highest BCUT2D eigenvalue weighted by Crippen LogP contribution is 2.36. The predicted molar refractivity (Wildman–Crippen MR) is 67.3 cm³/mol. The molecule has 0 saturated carbocycles. The van der Waals surface area contributed by atoms with E-state index in [4.69, 9.17) is 11.6 Å². The molecule has 16 heavy (non-hydrogen) atoms. The number of rotatable bonds is 2. The van der Waals surface area contributed by atoms with Crippen molar-refractivity contribution in [1.82, 2.24) is 0 Å². The summed E-state index contributed by atoms with van der Waals surface area (Å²) in [5.74, 6) is -0.441. The summed E-state index contributed by atoms with van der Waals surface area (Å²) in [6, 6.07) is 2.05. The summed E-state index contributed by atoms with van der Waals surface area (Å²) in [5.41, 5.74) is -0.931. The number of hydrogen-bond donors (Lipinski definition) is 0. The van der Waals surface area contributed by atoms with E-state index >= 15 is 0 Å². The quantitative estimate of drug-likeness (QED) is 0.385. The molecular weight excluding hydrogens is 423 g/mol. The Hall–Kier alpha value is 0.180. The lowest BCUT2D eigenvalue weighted by Crippen LogP contribution is -2.11. The molecule has 0 N–H and O–H groups in total. The number of ketones is 1. The van der Waals surface area contributed by atoms with E-state index in [2.05, 4.69) is 15.9 Å². The molecule has 0 bridgehead atoms. The minimum absolute atomic E-state index is 0.0405. The topological polar surface area (TPSA) is 17.1 Å². The van der Waals surface area contributed by atoms with Gasteiger partial charge in [0.2, 0.25) is 0 Å². The van der Waals surface area contributed by atoms with Gasteiger partial charge in [-0.05, 0) is 34.7 Å². The van der Waals surface area contributed by atoms with Gasteiger partial charge in [0.25, 0.3) is 0 Å². The van der Waals surface area contributed by atoms with Gasteiger partial charge in [-0.25, -0.2) is 0 Å². The monoisotopic (exact) mass is 426 g/mol. The van der Waals surface area contributed by atoms with E-state index < -0.39 is 17.5 Å². The largest absolute Gasteiger partial charge is 0.417 e. The van der Waals surface area contributed by atoms with Crippen molar-refractivity contribution in [2.24, 2.45) is 0 Å². The first-order chi connectivity index (χ1) is 7.27. The lowest BCUT2D eigenvalue weighted by atomic mass is 10.1. The van der Waals surface area contributed by atoms with Crippen LogP contribution in [0.25, 0.3) is 0 Å². The molecule has 0 aliphatic heterocycles. The van der Waals surface area contributed by atoms with Gasteiger partial charge in [-0.15, -0.1) is 0 Å². The van der Waals surface area contributed by atoms with Crippen molar-refractivity contribution >= 4 is 55.9 Å². The van der Waals surface area contributed by atoms with E-state index in [1.54, 1.807) is 0 Å². The summed E-state index contributed by atoms with van der Waals surface area (Å²) in [6.07, 6.45) is -4.51. The molecule has 0 aliphatic rings. The average Bonchev–Trinajstić information content (AvgIpc) is 2.18. The second-order valence-electron chi connectivity index (χ2n) is 2.87. The minimum Gasteiger partial charge on any atom is -0.293 e. The molecule has 1 nitrogen and oxygen atoms in total. The standard InChI is InChI=1S/C9H4BrClF3IO/c10-3-7(16)4-1-5(9(12,13)14)8(15)6(11)2-4/h1-2H,3H2. The average molecular weight is 427 g/mol. The lowest BCUT2D eigenvalue weighted by Gasteiger charge is -2.11. The van der Waals surface area contributed by atoms with Gasteiger partial charge in [-0.2, -0.15) is 13.2 Å². The third-order valence-corrected chi connectivity index (χ3v) is 4.07. The first kappa shape index (κ1) is 14.2. The molecule has 7 heteroatoms. The Labute approximate surface area is 117 Å². The second kappa shape index (κ2) is 5.22.